The van der Waals surface area contributed by atoms with Gasteiger partial charge in [-0.25, -0.2) is 0 Å². The highest BCUT2D eigenvalue weighted by Crippen LogP contribution is 2.55. The summed E-state index contributed by atoms with van der Waals surface area (Å²) in [6, 6.07) is 0. The molecule has 0 saturated heterocycles. The molecule has 0 N–H and O–H groups in total. The van der Waals surface area contributed by atoms with Crippen molar-refractivity contribution in [1.29, 1.82) is 0 Å². The summed E-state index contributed by atoms with van der Waals surface area (Å²) in [6.07, 6.45) is 0.252. The zero-order valence-corrected chi connectivity index (χ0v) is 19.7. The molecule has 0 spiro atoms. The summed E-state index contributed by atoms with van der Waals surface area (Å²) in [7, 11) is 2.69. The summed E-state index contributed by atoms with van der Waals surface area (Å²) in [6.45, 7) is 7.35. The van der Waals surface area contributed by atoms with Crippen molar-refractivity contribution in [1.82, 2.24) is 0 Å². The number of hydrogen-bond donors (Lipinski definition) is 0. The number of allylic oxidation sites excluding steroid dienone is 1. The van der Waals surface area contributed by atoms with E-state index in [1.807, 2.05) is 25.7 Å². The van der Waals surface area contributed by atoms with E-state index < -0.39 is 6.29 Å². The lowest BCUT2D eigenvalue weighted by Gasteiger charge is -2.30. The third kappa shape index (κ3) is 4.25. The van der Waals surface area contributed by atoms with Crippen molar-refractivity contribution in [2.45, 2.75) is 31.3 Å². The average molecular weight is 480 g/mol. The van der Waals surface area contributed by atoms with Gasteiger partial charge in [0, 0.05) is 19.8 Å². The zero-order chi connectivity index (χ0) is 19.6. The molecule has 27 heavy (non-hydrogen) atoms. The molecule has 0 radical (unpaired) electrons. The van der Waals surface area contributed by atoms with Gasteiger partial charge in [-0.1, -0.05) is 57.8 Å². The Hall–Kier alpha value is -0.140. The van der Waals surface area contributed by atoms with E-state index in [2.05, 4.69) is 0 Å². The van der Waals surface area contributed by atoms with Crippen molar-refractivity contribution in [2.75, 3.05) is 24.7 Å². The minimum Gasteiger partial charge on any atom is -0.348 e. The largest absolute Gasteiger partial charge is 0.348 e. The SMILES string of the molecule is CCOC(OCC)C1=C(C=O)S/C(=C2\C(=S)Sc3ssc(=O)c3N2CC)S1. The lowest BCUT2D eigenvalue weighted by atomic mass is 10.4. The Morgan fingerprint density at radius 3 is 2.41 bits per heavy atom. The fraction of sp³-hybridized carbons (Fsp3) is 0.438. The Morgan fingerprint density at radius 2 is 1.81 bits per heavy atom. The van der Waals surface area contributed by atoms with Gasteiger partial charge in [0.25, 0.3) is 4.74 Å². The molecule has 0 saturated carbocycles. The zero-order valence-electron chi connectivity index (χ0n) is 14.8. The number of fused-ring (bicyclic) bond motifs is 1. The second-order valence-electron chi connectivity index (χ2n) is 5.15. The van der Waals surface area contributed by atoms with E-state index >= 15 is 0 Å². The van der Waals surface area contributed by atoms with Gasteiger partial charge in [-0.05, 0) is 31.1 Å². The molecule has 0 aliphatic carbocycles. The normalized spacial score (nSPS) is 20.0. The van der Waals surface area contributed by atoms with E-state index in [1.54, 1.807) is 0 Å². The predicted octanol–water partition coefficient (Wildman–Crippen LogP) is 4.89. The first-order chi connectivity index (χ1) is 13.0. The first-order valence-corrected chi connectivity index (χ1v) is 13.2. The van der Waals surface area contributed by atoms with E-state index in [4.69, 9.17) is 21.7 Å². The van der Waals surface area contributed by atoms with Crippen molar-refractivity contribution in [3.05, 3.63) is 29.3 Å². The highest BCUT2D eigenvalue weighted by Gasteiger charge is 2.37. The standard InChI is InChI=1S/C16H17NO4S6/c1-4-17-9-12(19)26-27-16(9)25-14(22)10(17)15-23-8(7-18)11(24-15)13(20-5-2)21-6-3/h7,13H,4-6H2,1-3H3/b15-10-. The fourth-order valence-corrected chi connectivity index (χ4v) is 9.59. The number of thiocarbonyl (C=S) groups is 1. The van der Waals surface area contributed by atoms with Crippen molar-refractivity contribution in [3.8, 4) is 0 Å². The lowest BCUT2D eigenvalue weighted by Crippen LogP contribution is -2.32. The minimum absolute atomic E-state index is 0.0447. The van der Waals surface area contributed by atoms with Crippen molar-refractivity contribution >= 4 is 84.4 Å². The summed E-state index contributed by atoms with van der Waals surface area (Å²) in [5.41, 5.74) is 1.52. The van der Waals surface area contributed by atoms with Crippen LogP contribution in [0, 0.1) is 0 Å². The molecule has 2 aliphatic heterocycles. The molecular weight excluding hydrogens is 463 g/mol. The number of rotatable bonds is 7. The molecule has 1 aromatic heterocycles. The van der Waals surface area contributed by atoms with Crippen LogP contribution in [0.25, 0.3) is 0 Å². The molecule has 146 valence electrons. The van der Waals surface area contributed by atoms with E-state index in [1.165, 1.54) is 56.0 Å². The van der Waals surface area contributed by atoms with Gasteiger partial charge in [0.05, 0.1) is 19.7 Å². The molecular formula is C16H17NO4S6. The summed E-state index contributed by atoms with van der Waals surface area (Å²) in [5, 5.41) is 0. The quantitative estimate of drug-likeness (QED) is 0.179. The predicted molar refractivity (Wildman–Crippen MR) is 122 cm³/mol. The number of carbonyl (C=O) groups is 1. The average Bonchev–Trinajstić information content (AvgIpc) is 3.24. The van der Waals surface area contributed by atoms with E-state index in [9.17, 15) is 9.59 Å². The third-order valence-corrected chi connectivity index (χ3v) is 10.2. The van der Waals surface area contributed by atoms with Crippen LogP contribution < -0.4 is 9.64 Å². The van der Waals surface area contributed by atoms with Crippen LogP contribution in [0.3, 0.4) is 0 Å². The third-order valence-electron chi connectivity index (χ3n) is 3.61. The summed E-state index contributed by atoms with van der Waals surface area (Å²) in [4.78, 5) is 27.3. The van der Waals surface area contributed by atoms with Crippen LogP contribution in [-0.4, -0.2) is 36.5 Å². The second-order valence-corrected chi connectivity index (χ2v) is 11.6. The van der Waals surface area contributed by atoms with Gasteiger partial charge in [0.1, 0.15) is 14.1 Å². The van der Waals surface area contributed by atoms with Crippen molar-refractivity contribution in [3.63, 3.8) is 0 Å². The van der Waals surface area contributed by atoms with Gasteiger partial charge in [0.15, 0.2) is 12.6 Å². The Morgan fingerprint density at radius 1 is 1.11 bits per heavy atom. The molecule has 2 aliphatic rings. The van der Waals surface area contributed by atoms with Gasteiger partial charge in [-0.3, -0.25) is 9.59 Å². The minimum atomic E-state index is -0.579. The Labute approximate surface area is 182 Å². The van der Waals surface area contributed by atoms with E-state index in [0.717, 1.165) is 25.3 Å². The van der Waals surface area contributed by atoms with Crippen LogP contribution >= 0.6 is 68.2 Å². The fourth-order valence-electron chi connectivity index (χ4n) is 2.55. The maximum absolute atomic E-state index is 12.4. The molecule has 0 atom stereocenters. The molecule has 1 aromatic rings. The highest BCUT2D eigenvalue weighted by atomic mass is 32.9. The Kier molecular flexibility index (Phi) is 7.65. The first-order valence-electron chi connectivity index (χ1n) is 8.20. The Bertz CT molecular complexity index is 865. The highest BCUT2D eigenvalue weighted by molar-refractivity contribution is 8.29. The van der Waals surface area contributed by atoms with Crippen LogP contribution in [-0.2, 0) is 14.3 Å². The summed E-state index contributed by atoms with van der Waals surface area (Å²) < 4.78 is 14.0. The van der Waals surface area contributed by atoms with Crippen LogP contribution in [0.2, 0.25) is 0 Å². The number of hydrogen-bond acceptors (Lipinski definition) is 11. The van der Waals surface area contributed by atoms with Crippen molar-refractivity contribution in [2.24, 2.45) is 0 Å². The maximum Gasteiger partial charge on any atom is 0.267 e. The number of ether oxygens (including phenoxy) is 2. The number of anilines is 1. The monoisotopic (exact) mass is 479 g/mol. The van der Waals surface area contributed by atoms with Gasteiger partial charge in [-0.15, -0.1) is 0 Å². The van der Waals surface area contributed by atoms with Crippen LogP contribution in [0.15, 0.2) is 28.7 Å². The lowest BCUT2D eigenvalue weighted by molar-refractivity contribution is -0.109. The first kappa shape index (κ1) is 21.6. The van der Waals surface area contributed by atoms with E-state index in [-0.39, 0.29) is 4.74 Å². The second kappa shape index (κ2) is 9.57. The topological polar surface area (TPSA) is 55.8 Å². The maximum atomic E-state index is 12.4. The molecule has 0 amide bonds. The smallest absolute Gasteiger partial charge is 0.267 e. The van der Waals surface area contributed by atoms with Gasteiger partial charge >= 0.3 is 0 Å². The van der Waals surface area contributed by atoms with Gasteiger partial charge in [-0.2, -0.15) is 0 Å². The van der Waals surface area contributed by atoms with Gasteiger partial charge in [0.2, 0.25) is 0 Å². The van der Waals surface area contributed by atoms with Crippen LogP contribution in [0.5, 0.6) is 0 Å². The summed E-state index contributed by atoms with van der Waals surface area (Å²) in [5.74, 6) is 0. The van der Waals surface area contributed by atoms with E-state index in [0.29, 0.717) is 34.5 Å². The van der Waals surface area contributed by atoms with Crippen LogP contribution in [0.1, 0.15) is 20.8 Å². The molecule has 3 rings (SSSR count). The summed E-state index contributed by atoms with van der Waals surface area (Å²) >= 11 is 9.92. The van der Waals surface area contributed by atoms with Crippen molar-refractivity contribution < 1.29 is 14.3 Å². The number of nitrogens with zero attached hydrogens (tertiary/aromatic N) is 1. The molecule has 0 fully saturated rings. The molecule has 11 heteroatoms. The molecule has 0 unspecified atom stereocenters. The van der Waals surface area contributed by atoms with Gasteiger partial charge < -0.3 is 14.4 Å². The molecule has 5 nitrogen and oxygen atoms in total. The molecule has 3 heterocycles. The number of thioether (sulfide) groups is 3. The number of carbonyl (C=O) groups excluding carboxylic acids is 1. The number of aldehydes is 1. The Balaban J connectivity index is 2.02. The van der Waals surface area contributed by atoms with Crippen LogP contribution in [0.4, 0.5) is 5.69 Å². The molecule has 0 aromatic carbocycles. The molecule has 0 bridgehead atoms.